The molecule has 2 rings (SSSR count). The van der Waals surface area contributed by atoms with Crippen molar-refractivity contribution in [2.45, 2.75) is 13.1 Å². The molecule has 0 atom stereocenters. The fraction of sp³-hybridized carbons (Fsp3) is 0.143. The van der Waals surface area contributed by atoms with Crippen LogP contribution in [-0.4, -0.2) is 4.98 Å². The summed E-state index contributed by atoms with van der Waals surface area (Å²) < 4.78 is 38.2. The number of benzene rings is 1. The van der Waals surface area contributed by atoms with Crippen molar-refractivity contribution in [3.05, 3.63) is 54.2 Å². The van der Waals surface area contributed by atoms with Gasteiger partial charge in [0.05, 0.1) is 11.3 Å². The normalized spacial score (nSPS) is 11.6. The van der Waals surface area contributed by atoms with E-state index in [0.29, 0.717) is 5.56 Å². The third kappa shape index (κ3) is 2.32. The number of aromatic amines is 1. The molecular formula is C14H12F3N. The van der Waals surface area contributed by atoms with Crippen LogP contribution < -0.4 is 0 Å². The second-order valence-corrected chi connectivity index (χ2v) is 4.12. The Morgan fingerprint density at radius 3 is 2.22 bits per heavy atom. The predicted molar refractivity (Wildman–Crippen MR) is 65.9 cm³/mol. The maximum atomic E-state index is 12.7. The molecule has 4 heteroatoms. The first-order valence-electron chi connectivity index (χ1n) is 5.40. The molecule has 2 aromatic rings. The number of halogens is 3. The highest BCUT2D eigenvalue weighted by Gasteiger charge is 2.34. The van der Waals surface area contributed by atoms with Gasteiger partial charge in [-0.2, -0.15) is 13.2 Å². The van der Waals surface area contributed by atoms with Crippen LogP contribution in [0.2, 0.25) is 0 Å². The van der Waals surface area contributed by atoms with E-state index < -0.39 is 11.7 Å². The number of nitrogens with one attached hydrogen (secondary N) is 1. The molecule has 0 aliphatic heterocycles. The van der Waals surface area contributed by atoms with Crippen molar-refractivity contribution in [2.75, 3.05) is 0 Å². The van der Waals surface area contributed by atoms with E-state index in [1.807, 2.05) is 6.92 Å². The van der Waals surface area contributed by atoms with Crippen molar-refractivity contribution in [3.63, 3.8) is 0 Å². The molecule has 0 amide bonds. The molecule has 0 aliphatic carbocycles. The van der Waals surface area contributed by atoms with Crippen LogP contribution in [0, 0.1) is 0 Å². The lowest BCUT2D eigenvalue weighted by atomic mass is 10.0. The maximum absolute atomic E-state index is 12.7. The first-order chi connectivity index (χ1) is 8.39. The van der Waals surface area contributed by atoms with Crippen LogP contribution in [0.4, 0.5) is 13.2 Å². The second kappa shape index (κ2) is 4.37. The van der Waals surface area contributed by atoms with Gasteiger partial charge in [-0.15, -0.1) is 0 Å². The van der Waals surface area contributed by atoms with Crippen LogP contribution in [0.3, 0.4) is 0 Å². The Balaban J connectivity index is 2.44. The van der Waals surface area contributed by atoms with Crippen molar-refractivity contribution in [1.82, 2.24) is 4.98 Å². The summed E-state index contributed by atoms with van der Waals surface area (Å²) in [5.74, 6) is 0. The van der Waals surface area contributed by atoms with Crippen LogP contribution in [0.15, 0.2) is 43.1 Å². The Kier molecular flexibility index (Phi) is 3.03. The summed E-state index contributed by atoms with van der Waals surface area (Å²) in [7, 11) is 0. The third-order valence-corrected chi connectivity index (χ3v) is 2.72. The summed E-state index contributed by atoms with van der Waals surface area (Å²) >= 11 is 0. The van der Waals surface area contributed by atoms with Crippen molar-refractivity contribution in [2.24, 2.45) is 0 Å². The Morgan fingerprint density at radius 2 is 1.72 bits per heavy atom. The number of alkyl halides is 3. The van der Waals surface area contributed by atoms with Gasteiger partial charge in [0.2, 0.25) is 0 Å². The van der Waals surface area contributed by atoms with Gasteiger partial charge in [-0.25, -0.2) is 0 Å². The summed E-state index contributed by atoms with van der Waals surface area (Å²) in [6, 6.07) is 7.88. The van der Waals surface area contributed by atoms with Crippen molar-refractivity contribution in [1.29, 1.82) is 0 Å². The minimum absolute atomic E-state index is 0.0933. The highest BCUT2D eigenvalue weighted by Crippen LogP contribution is 2.36. The highest BCUT2D eigenvalue weighted by atomic mass is 19.4. The van der Waals surface area contributed by atoms with Gasteiger partial charge in [-0.1, -0.05) is 36.4 Å². The zero-order chi connectivity index (χ0) is 13.3. The van der Waals surface area contributed by atoms with E-state index in [9.17, 15) is 13.2 Å². The fourth-order valence-electron chi connectivity index (χ4n) is 1.77. The van der Waals surface area contributed by atoms with Gasteiger partial charge in [0.1, 0.15) is 0 Å². The van der Waals surface area contributed by atoms with Crippen molar-refractivity contribution < 1.29 is 13.2 Å². The van der Waals surface area contributed by atoms with Crippen LogP contribution in [0.25, 0.3) is 16.8 Å². The van der Waals surface area contributed by atoms with Gasteiger partial charge >= 0.3 is 6.18 Å². The second-order valence-electron chi connectivity index (χ2n) is 4.12. The molecule has 1 heterocycles. The van der Waals surface area contributed by atoms with E-state index in [0.717, 1.165) is 17.2 Å². The molecule has 0 saturated carbocycles. The van der Waals surface area contributed by atoms with Crippen molar-refractivity contribution in [3.8, 4) is 11.3 Å². The van der Waals surface area contributed by atoms with E-state index in [1.165, 1.54) is 6.20 Å². The highest BCUT2D eigenvalue weighted by molar-refractivity contribution is 5.69. The molecule has 0 unspecified atom stereocenters. The van der Waals surface area contributed by atoms with Crippen LogP contribution in [-0.2, 0) is 6.18 Å². The van der Waals surface area contributed by atoms with Crippen LogP contribution in [0.5, 0.6) is 0 Å². The van der Waals surface area contributed by atoms with E-state index in [4.69, 9.17) is 0 Å². The molecule has 0 aliphatic rings. The molecule has 1 aromatic carbocycles. The summed E-state index contributed by atoms with van der Waals surface area (Å²) in [5, 5.41) is 0. The minimum atomic E-state index is -4.34. The number of aromatic nitrogens is 1. The van der Waals surface area contributed by atoms with E-state index in [2.05, 4.69) is 11.6 Å². The standard InChI is InChI=1S/C14H12F3N/c1-9(2)10-3-5-11(6-4-10)13-12(7-8-18-13)14(15,16)17/h3-8,18H,1H2,2H3. The monoisotopic (exact) mass is 251 g/mol. The predicted octanol–water partition coefficient (Wildman–Crippen LogP) is 4.73. The number of rotatable bonds is 2. The van der Waals surface area contributed by atoms with Crippen LogP contribution in [0.1, 0.15) is 18.1 Å². The van der Waals surface area contributed by atoms with Gasteiger partial charge in [-0.05, 0) is 24.1 Å². The van der Waals surface area contributed by atoms with Crippen LogP contribution >= 0.6 is 0 Å². The number of hydrogen-bond donors (Lipinski definition) is 1. The lowest BCUT2D eigenvalue weighted by Crippen LogP contribution is -2.05. The molecule has 0 bridgehead atoms. The fourth-order valence-corrected chi connectivity index (χ4v) is 1.77. The summed E-state index contributed by atoms with van der Waals surface area (Å²) in [5.41, 5.74) is 1.75. The third-order valence-electron chi connectivity index (χ3n) is 2.72. The molecular weight excluding hydrogens is 239 g/mol. The molecule has 18 heavy (non-hydrogen) atoms. The summed E-state index contributed by atoms with van der Waals surface area (Å²) in [6.45, 7) is 5.64. The smallest absolute Gasteiger partial charge is 0.361 e. The number of allylic oxidation sites excluding steroid dienone is 1. The Morgan fingerprint density at radius 1 is 1.11 bits per heavy atom. The van der Waals surface area contributed by atoms with Gasteiger partial charge in [-0.3, -0.25) is 0 Å². The van der Waals surface area contributed by atoms with Gasteiger partial charge < -0.3 is 4.98 Å². The molecule has 0 radical (unpaired) electrons. The molecule has 0 spiro atoms. The lowest BCUT2D eigenvalue weighted by Gasteiger charge is -2.08. The zero-order valence-electron chi connectivity index (χ0n) is 9.81. The number of H-pyrrole nitrogens is 1. The topological polar surface area (TPSA) is 15.8 Å². The quantitative estimate of drug-likeness (QED) is 0.793. The van der Waals surface area contributed by atoms with Gasteiger partial charge in [0.15, 0.2) is 0 Å². The molecule has 0 fully saturated rings. The Hall–Kier alpha value is -1.97. The first kappa shape index (κ1) is 12.5. The first-order valence-corrected chi connectivity index (χ1v) is 5.40. The van der Waals surface area contributed by atoms with E-state index in [1.54, 1.807) is 24.3 Å². The molecule has 1 aromatic heterocycles. The van der Waals surface area contributed by atoms with E-state index in [-0.39, 0.29) is 5.69 Å². The molecule has 1 N–H and O–H groups in total. The molecule has 1 nitrogen and oxygen atoms in total. The average molecular weight is 251 g/mol. The molecule has 94 valence electrons. The summed E-state index contributed by atoms with van der Waals surface area (Å²) in [4.78, 5) is 2.63. The van der Waals surface area contributed by atoms with Gasteiger partial charge in [0, 0.05) is 6.20 Å². The Bertz CT molecular complexity index is 561. The molecule has 0 saturated heterocycles. The largest absolute Gasteiger partial charge is 0.418 e. The minimum Gasteiger partial charge on any atom is -0.361 e. The van der Waals surface area contributed by atoms with Gasteiger partial charge in [0.25, 0.3) is 0 Å². The average Bonchev–Trinajstić information content (AvgIpc) is 2.77. The summed E-state index contributed by atoms with van der Waals surface area (Å²) in [6.07, 6.45) is -3.05. The SMILES string of the molecule is C=C(C)c1ccc(-c2[nH]ccc2C(F)(F)F)cc1. The van der Waals surface area contributed by atoms with Crippen molar-refractivity contribution >= 4 is 5.57 Å². The number of hydrogen-bond acceptors (Lipinski definition) is 0. The maximum Gasteiger partial charge on any atom is 0.418 e. The Labute approximate surface area is 103 Å². The van der Waals surface area contributed by atoms with E-state index >= 15 is 0 Å². The lowest BCUT2D eigenvalue weighted by molar-refractivity contribution is -0.136. The zero-order valence-corrected chi connectivity index (χ0v) is 9.81.